The molecule has 0 spiro atoms. The monoisotopic (exact) mass is 359 g/mol. The van der Waals surface area contributed by atoms with E-state index in [0.29, 0.717) is 11.3 Å². The van der Waals surface area contributed by atoms with Crippen molar-refractivity contribution in [2.24, 2.45) is 10.9 Å². The summed E-state index contributed by atoms with van der Waals surface area (Å²) in [6.07, 6.45) is 7.29. The van der Waals surface area contributed by atoms with Crippen molar-refractivity contribution in [3.63, 3.8) is 0 Å². The molecule has 0 saturated carbocycles. The smallest absolute Gasteiger partial charge is 0.343 e. The fraction of sp³-hybridized carbons (Fsp3) is 0.300. The van der Waals surface area contributed by atoms with E-state index < -0.39 is 17.6 Å². The molecule has 26 heavy (non-hydrogen) atoms. The van der Waals surface area contributed by atoms with Crippen LogP contribution in [0.3, 0.4) is 0 Å². The molecule has 0 aromatic heterocycles. The number of halogens is 2. The van der Waals surface area contributed by atoms with Crippen molar-refractivity contribution >= 4 is 12.2 Å². The van der Waals surface area contributed by atoms with Crippen LogP contribution in [0.2, 0.25) is 0 Å². The Morgan fingerprint density at radius 3 is 2.65 bits per heavy atom. The van der Waals surface area contributed by atoms with Crippen molar-refractivity contribution in [3.05, 3.63) is 70.5 Å². The zero-order valence-electron chi connectivity index (χ0n) is 14.5. The van der Waals surface area contributed by atoms with Gasteiger partial charge in [-0.1, -0.05) is 23.8 Å². The van der Waals surface area contributed by atoms with Crippen LogP contribution >= 0.6 is 0 Å². The van der Waals surface area contributed by atoms with Crippen LogP contribution in [-0.2, 0) is 20.9 Å². The number of esters is 1. The minimum atomic E-state index is -0.678. The van der Waals surface area contributed by atoms with Gasteiger partial charge in [-0.15, -0.1) is 0 Å². The Kier molecular flexibility index (Phi) is 5.30. The SMILES string of the molecule is CCOC(=O)C1=C(OCc2cc(F)cc(F)c2)C2C=C(C)C=CC2N=C1. The van der Waals surface area contributed by atoms with Crippen LogP contribution in [0.1, 0.15) is 19.4 Å². The van der Waals surface area contributed by atoms with Crippen LogP contribution in [0.4, 0.5) is 8.78 Å². The molecule has 0 radical (unpaired) electrons. The van der Waals surface area contributed by atoms with E-state index in [1.54, 1.807) is 6.92 Å². The second-order valence-corrected chi connectivity index (χ2v) is 6.13. The van der Waals surface area contributed by atoms with Crippen LogP contribution in [0.25, 0.3) is 0 Å². The Bertz CT molecular complexity index is 819. The number of rotatable bonds is 5. The molecule has 2 atom stereocenters. The van der Waals surface area contributed by atoms with Crippen LogP contribution in [-0.4, -0.2) is 24.8 Å². The van der Waals surface area contributed by atoms with Crippen molar-refractivity contribution < 1.29 is 23.0 Å². The number of fused-ring (bicyclic) bond motifs is 1. The van der Waals surface area contributed by atoms with E-state index in [4.69, 9.17) is 9.47 Å². The molecule has 136 valence electrons. The largest absolute Gasteiger partial charge is 0.492 e. The molecule has 4 nitrogen and oxygen atoms in total. The highest BCUT2D eigenvalue weighted by molar-refractivity contribution is 6.10. The molecular weight excluding hydrogens is 340 g/mol. The van der Waals surface area contributed by atoms with E-state index in [1.165, 1.54) is 18.3 Å². The number of ether oxygens (including phenoxy) is 2. The molecular formula is C20H19F2NO3. The van der Waals surface area contributed by atoms with Crippen LogP contribution < -0.4 is 0 Å². The maximum Gasteiger partial charge on any atom is 0.343 e. The lowest BCUT2D eigenvalue weighted by Crippen LogP contribution is -2.29. The Balaban J connectivity index is 1.91. The van der Waals surface area contributed by atoms with Crippen molar-refractivity contribution in [2.75, 3.05) is 6.61 Å². The Morgan fingerprint density at radius 2 is 1.96 bits per heavy atom. The topological polar surface area (TPSA) is 47.9 Å². The molecule has 0 bridgehead atoms. The maximum atomic E-state index is 13.4. The number of aliphatic imine (C=N–C) groups is 1. The van der Waals surface area contributed by atoms with Gasteiger partial charge < -0.3 is 9.47 Å². The fourth-order valence-electron chi connectivity index (χ4n) is 2.98. The lowest BCUT2D eigenvalue weighted by atomic mass is 9.87. The van der Waals surface area contributed by atoms with Gasteiger partial charge in [-0.25, -0.2) is 13.6 Å². The van der Waals surface area contributed by atoms with Crippen molar-refractivity contribution in [1.82, 2.24) is 0 Å². The van der Waals surface area contributed by atoms with Gasteiger partial charge in [0.25, 0.3) is 0 Å². The second kappa shape index (κ2) is 7.64. The summed E-state index contributed by atoms with van der Waals surface area (Å²) in [4.78, 5) is 16.7. The number of carbonyl (C=O) groups excluding carboxylic acids is 1. The molecule has 1 aliphatic heterocycles. The van der Waals surface area contributed by atoms with Gasteiger partial charge in [-0.2, -0.15) is 0 Å². The fourth-order valence-corrected chi connectivity index (χ4v) is 2.98. The van der Waals surface area contributed by atoms with Gasteiger partial charge in [0.05, 0.1) is 18.6 Å². The number of benzene rings is 1. The third-order valence-electron chi connectivity index (χ3n) is 4.12. The molecule has 1 aliphatic carbocycles. The van der Waals surface area contributed by atoms with Gasteiger partial charge in [0.15, 0.2) is 0 Å². The minimum absolute atomic E-state index is 0.0689. The van der Waals surface area contributed by atoms with Gasteiger partial charge in [-0.3, -0.25) is 4.99 Å². The van der Waals surface area contributed by atoms with Crippen LogP contribution in [0.15, 0.2) is 58.3 Å². The molecule has 3 rings (SSSR count). The summed E-state index contributed by atoms with van der Waals surface area (Å²) in [5, 5.41) is 0. The van der Waals surface area contributed by atoms with Crippen LogP contribution in [0, 0.1) is 17.6 Å². The van der Waals surface area contributed by atoms with Crippen molar-refractivity contribution in [3.8, 4) is 0 Å². The molecule has 0 saturated heterocycles. The van der Waals surface area contributed by atoms with Crippen LogP contribution in [0.5, 0.6) is 0 Å². The maximum absolute atomic E-state index is 13.4. The van der Waals surface area contributed by atoms with E-state index in [2.05, 4.69) is 4.99 Å². The van der Waals surface area contributed by atoms with E-state index >= 15 is 0 Å². The van der Waals surface area contributed by atoms with E-state index in [0.717, 1.165) is 11.6 Å². The number of carbonyl (C=O) groups is 1. The molecule has 2 unspecified atom stereocenters. The zero-order valence-corrected chi connectivity index (χ0v) is 14.5. The molecule has 2 aliphatic rings. The highest BCUT2D eigenvalue weighted by Crippen LogP contribution is 2.33. The van der Waals surface area contributed by atoms with Gasteiger partial charge >= 0.3 is 5.97 Å². The first-order valence-corrected chi connectivity index (χ1v) is 8.36. The number of hydrogen-bond donors (Lipinski definition) is 0. The first-order chi connectivity index (χ1) is 12.5. The summed E-state index contributed by atoms with van der Waals surface area (Å²) in [7, 11) is 0. The third kappa shape index (κ3) is 3.90. The second-order valence-electron chi connectivity index (χ2n) is 6.13. The zero-order chi connectivity index (χ0) is 18.7. The van der Waals surface area contributed by atoms with E-state index in [-0.39, 0.29) is 30.7 Å². The summed E-state index contributed by atoms with van der Waals surface area (Å²) in [5.41, 5.74) is 1.58. The van der Waals surface area contributed by atoms with E-state index in [9.17, 15) is 13.6 Å². The number of nitrogens with zero attached hydrogens (tertiary/aromatic N) is 1. The van der Waals surface area contributed by atoms with Gasteiger partial charge in [0, 0.05) is 12.3 Å². The predicted octanol–water partition coefficient (Wildman–Crippen LogP) is 3.88. The number of dihydropyridines is 1. The van der Waals surface area contributed by atoms with Crippen molar-refractivity contribution in [2.45, 2.75) is 26.5 Å². The van der Waals surface area contributed by atoms with Gasteiger partial charge in [0.1, 0.15) is 29.6 Å². The third-order valence-corrected chi connectivity index (χ3v) is 4.12. The first-order valence-electron chi connectivity index (χ1n) is 8.36. The predicted molar refractivity (Wildman–Crippen MR) is 93.5 cm³/mol. The normalized spacial score (nSPS) is 21.3. The summed E-state index contributed by atoms with van der Waals surface area (Å²) >= 11 is 0. The molecule has 1 aromatic rings. The van der Waals surface area contributed by atoms with E-state index in [1.807, 2.05) is 25.2 Å². The Morgan fingerprint density at radius 1 is 1.23 bits per heavy atom. The average molecular weight is 359 g/mol. The van der Waals surface area contributed by atoms with Gasteiger partial charge in [-0.05, 0) is 31.5 Å². The lowest BCUT2D eigenvalue weighted by molar-refractivity contribution is -0.138. The summed E-state index contributed by atoms with van der Waals surface area (Å²) in [5.74, 6) is -1.75. The summed E-state index contributed by atoms with van der Waals surface area (Å²) in [6.45, 7) is 3.81. The molecule has 1 heterocycles. The first kappa shape index (κ1) is 18.0. The molecule has 1 aromatic carbocycles. The lowest BCUT2D eigenvalue weighted by Gasteiger charge is -2.29. The highest BCUT2D eigenvalue weighted by Gasteiger charge is 2.33. The average Bonchev–Trinajstić information content (AvgIpc) is 2.58. The standard InChI is InChI=1S/C20H19F2NO3/c1-3-25-20(24)17-10-23-18-5-4-12(2)6-16(18)19(17)26-11-13-7-14(21)9-15(22)8-13/h4-10,16,18H,3,11H2,1-2H3. The highest BCUT2D eigenvalue weighted by atomic mass is 19.1. The number of hydrogen-bond acceptors (Lipinski definition) is 4. The van der Waals surface area contributed by atoms with Crippen molar-refractivity contribution in [1.29, 1.82) is 0 Å². The Labute approximate surface area is 150 Å². The molecule has 0 amide bonds. The quantitative estimate of drug-likeness (QED) is 0.750. The molecule has 0 N–H and O–H groups in total. The summed E-state index contributed by atoms with van der Waals surface area (Å²) < 4.78 is 37.7. The minimum Gasteiger partial charge on any atom is -0.492 e. The summed E-state index contributed by atoms with van der Waals surface area (Å²) in [6, 6.07) is 3.01. The number of allylic oxidation sites excluding steroid dienone is 2. The Hall–Kier alpha value is -2.76. The molecule has 6 heteroatoms. The van der Waals surface area contributed by atoms with Gasteiger partial charge in [0.2, 0.25) is 0 Å². The molecule has 0 fully saturated rings.